The second-order valence-electron chi connectivity index (χ2n) is 4.87. The summed E-state index contributed by atoms with van der Waals surface area (Å²) in [6.45, 7) is 4.67. The molecule has 3 heteroatoms. The first-order valence-electron chi connectivity index (χ1n) is 6.47. The van der Waals surface area contributed by atoms with E-state index in [1.807, 2.05) is 24.3 Å². The van der Waals surface area contributed by atoms with E-state index in [2.05, 4.69) is 17.9 Å². The number of hydrogen-bond donors (Lipinski definition) is 0. The van der Waals surface area contributed by atoms with E-state index in [0.29, 0.717) is 17.8 Å². The van der Waals surface area contributed by atoms with Crippen LogP contribution in [0.3, 0.4) is 0 Å². The van der Waals surface area contributed by atoms with Crippen molar-refractivity contribution in [2.24, 2.45) is 5.92 Å². The number of piperidine rings is 1. The summed E-state index contributed by atoms with van der Waals surface area (Å²) in [5.74, 6) is 0.616. The lowest BCUT2D eigenvalue weighted by atomic mass is 9.94. The average Bonchev–Trinajstić information content (AvgIpc) is 2.42. The monoisotopic (exact) mass is 242 g/mol. The molecule has 0 spiro atoms. The Balaban J connectivity index is 1.97. The minimum Gasteiger partial charge on any atom is -0.299 e. The highest BCUT2D eigenvalue weighted by molar-refractivity contribution is 5.82. The third-order valence-electron chi connectivity index (χ3n) is 3.59. The summed E-state index contributed by atoms with van der Waals surface area (Å²) in [6, 6.07) is 9.81. The predicted octanol–water partition coefficient (Wildman–Crippen LogP) is 2.36. The minimum atomic E-state index is 0.206. The highest BCUT2D eigenvalue weighted by Gasteiger charge is 2.25. The van der Waals surface area contributed by atoms with Gasteiger partial charge in [0.25, 0.3) is 0 Å². The summed E-state index contributed by atoms with van der Waals surface area (Å²) in [7, 11) is 0. The molecule has 94 valence electrons. The summed E-state index contributed by atoms with van der Waals surface area (Å²) in [6.07, 6.45) is 1.61. The number of benzene rings is 1. The van der Waals surface area contributed by atoms with E-state index in [9.17, 15) is 4.79 Å². The van der Waals surface area contributed by atoms with E-state index in [1.54, 1.807) is 0 Å². The first-order chi connectivity index (χ1) is 8.72. The number of carbonyl (C=O) groups excluding carboxylic acids is 1. The van der Waals surface area contributed by atoms with Crippen LogP contribution in [0, 0.1) is 17.2 Å². The van der Waals surface area contributed by atoms with E-state index in [-0.39, 0.29) is 5.92 Å². The standard InChI is InChI=1S/C15H18N2O/c1-2-14-11-17(8-7-15(14)18)10-13-5-3-12(9-16)4-6-13/h3-6,14H,2,7-8,10-11H2,1H3. The fourth-order valence-electron chi connectivity index (χ4n) is 2.42. The van der Waals surface area contributed by atoms with Crippen molar-refractivity contribution in [3.63, 3.8) is 0 Å². The van der Waals surface area contributed by atoms with E-state index < -0.39 is 0 Å². The van der Waals surface area contributed by atoms with Crippen molar-refractivity contribution in [2.45, 2.75) is 26.3 Å². The maximum atomic E-state index is 11.6. The Hall–Kier alpha value is -1.66. The van der Waals surface area contributed by atoms with Crippen molar-refractivity contribution in [1.82, 2.24) is 4.90 Å². The molecule has 0 amide bonds. The Morgan fingerprint density at radius 2 is 2.11 bits per heavy atom. The van der Waals surface area contributed by atoms with Gasteiger partial charge in [0.05, 0.1) is 11.6 Å². The molecule has 1 aliphatic heterocycles. The normalized spacial score (nSPS) is 20.7. The van der Waals surface area contributed by atoms with E-state index >= 15 is 0 Å². The lowest BCUT2D eigenvalue weighted by Crippen LogP contribution is -2.40. The van der Waals surface area contributed by atoms with Crippen LogP contribution in [0.2, 0.25) is 0 Å². The quantitative estimate of drug-likeness (QED) is 0.817. The predicted molar refractivity (Wildman–Crippen MR) is 69.8 cm³/mol. The van der Waals surface area contributed by atoms with Crippen LogP contribution in [0.5, 0.6) is 0 Å². The molecule has 1 aromatic rings. The smallest absolute Gasteiger partial charge is 0.138 e. The van der Waals surface area contributed by atoms with Crippen LogP contribution in [-0.2, 0) is 11.3 Å². The van der Waals surface area contributed by atoms with E-state index in [4.69, 9.17) is 5.26 Å². The number of rotatable bonds is 3. The van der Waals surface area contributed by atoms with Crippen molar-refractivity contribution < 1.29 is 4.79 Å². The number of hydrogen-bond acceptors (Lipinski definition) is 3. The zero-order chi connectivity index (χ0) is 13.0. The summed E-state index contributed by atoms with van der Waals surface area (Å²) >= 11 is 0. The molecule has 1 saturated heterocycles. The lowest BCUT2D eigenvalue weighted by molar-refractivity contribution is -0.126. The summed E-state index contributed by atoms with van der Waals surface area (Å²) in [4.78, 5) is 14.0. The van der Waals surface area contributed by atoms with Gasteiger partial charge in [-0.2, -0.15) is 5.26 Å². The van der Waals surface area contributed by atoms with Crippen molar-refractivity contribution in [3.05, 3.63) is 35.4 Å². The Morgan fingerprint density at radius 1 is 1.39 bits per heavy atom. The molecule has 0 radical (unpaired) electrons. The zero-order valence-electron chi connectivity index (χ0n) is 10.7. The molecule has 1 fully saturated rings. The van der Waals surface area contributed by atoms with Gasteiger partial charge in [-0.05, 0) is 24.1 Å². The molecular formula is C15H18N2O. The van der Waals surface area contributed by atoms with Gasteiger partial charge in [0.15, 0.2) is 0 Å². The molecule has 1 aliphatic rings. The van der Waals surface area contributed by atoms with Gasteiger partial charge in [0, 0.05) is 32.0 Å². The molecule has 0 aromatic heterocycles. The highest BCUT2D eigenvalue weighted by Crippen LogP contribution is 2.18. The average molecular weight is 242 g/mol. The number of likely N-dealkylation sites (tertiary alicyclic amines) is 1. The molecule has 1 atom stereocenters. The molecule has 1 heterocycles. The lowest BCUT2D eigenvalue weighted by Gasteiger charge is -2.31. The highest BCUT2D eigenvalue weighted by atomic mass is 16.1. The molecule has 1 unspecified atom stereocenters. The Bertz CT molecular complexity index is 458. The largest absolute Gasteiger partial charge is 0.299 e. The first-order valence-corrected chi connectivity index (χ1v) is 6.47. The summed E-state index contributed by atoms with van der Waals surface area (Å²) in [5.41, 5.74) is 1.90. The Labute approximate surface area is 108 Å². The maximum Gasteiger partial charge on any atom is 0.138 e. The number of ketones is 1. The second-order valence-corrected chi connectivity index (χ2v) is 4.87. The molecule has 0 aliphatic carbocycles. The minimum absolute atomic E-state index is 0.206. The zero-order valence-corrected chi connectivity index (χ0v) is 10.7. The fourth-order valence-corrected chi connectivity index (χ4v) is 2.42. The van der Waals surface area contributed by atoms with Crippen LogP contribution >= 0.6 is 0 Å². The van der Waals surface area contributed by atoms with Gasteiger partial charge in [-0.25, -0.2) is 0 Å². The molecule has 0 N–H and O–H groups in total. The number of nitriles is 1. The van der Waals surface area contributed by atoms with Crippen molar-refractivity contribution >= 4 is 5.78 Å². The van der Waals surface area contributed by atoms with Crippen LogP contribution in [0.1, 0.15) is 30.9 Å². The van der Waals surface area contributed by atoms with Gasteiger partial charge in [-0.15, -0.1) is 0 Å². The molecule has 2 rings (SSSR count). The topological polar surface area (TPSA) is 44.1 Å². The van der Waals surface area contributed by atoms with Gasteiger partial charge in [-0.3, -0.25) is 9.69 Å². The van der Waals surface area contributed by atoms with Gasteiger partial charge < -0.3 is 0 Å². The molecule has 1 aromatic carbocycles. The Morgan fingerprint density at radius 3 is 2.72 bits per heavy atom. The third kappa shape index (κ3) is 2.96. The van der Waals surface area contributed by atoms with Crippen molar-refractivity contribution in [2.75, 3.05) is 13.1 Å². The van der Waals surface area contributed by atoms with Crippen LogP contribution in [0.25, 0.3) is 0 Å². The van der Waals surface area contributed by atoms with Crippen LogP contribution in [0.4, 0.5) is 0 Å². The molecule has 0 bridgehead atoms. The summed E-state index contributed by atoms with van der Waals surface area (Å²) in [5, 5.41) is 8.75. The second kappa shape index (κ2) is 5.79. The van der Waals surface area contributed by atoms with E-state index in [1.165, 1.54) is 5.56 Å². The Kier molecular flexibility index (Phi) is 4.11. The van der Waals surface area contributed by atoms with Crippen molar-refractivity contribution in [3.8, 4) is 6.07 Å². The molecule has 18 heavy (non-hydrogen) atoms. The van der Waals surface area contributed by atoms with Gasteiger partial charge in [0.1, 0.15) is 5.78 Å². The van der Waals surface area contributed by atoms with Crippen LogP contribution in [0.15, 0.2) is 24.3 Å². The number of carbonyl (C=O) groups is 1. The van der Waals surface area contributed by atoms with Crippen molar-refractivity contribution in [1.29, 1.82) is 5.26 Å². The van der Waals surface area contributed by atoms with Crippen LogP contribution in [-0.4, -0.2) is 23.8 Å². The number of Topliss-reactive ketones (excluding diaryl/α,β-unsaturated/α-hetero) is 1. The molecule has 3 nitrogen and oxygen atoms in total. The van der Waals surface area contributed by atoms with E-state index in [0.717, 1.165) is 26.1 Å². The number of nitrogens with zero attached hydrogens (tertiary/aromatic N) is 2. The first kappa shape index (κ1) is 12.8. The fraction of sp³-hybridized carbons (Fsp3) is 0.467. The summed E-state index contributed by atoms with van der Waals surface area (Å²) < 4.78 is 0. The van der Waals surface area contributed by atoms with Gasteiger partial charge in [0.2, 0.25) is 0 Å². The molecular weight excluding hydrogens is 224 g/mol. The third-order valence-corrected chi connectivity index (χ3v) is 3.59. The molecule has 0 saturated carbocycles. The van der Waals surface area contributed by atoms with Gasteiger partial charge in [-0.1, -0.05) is 19.1 Å². The maximum absolute atomic E-state index is 11.6. The van der Waals surface area contributed by atoms with Gasteiger partial charge >= 0.3 is 0 Å². The van der Waals surface area contributed by atoms with Crippen LogP contribution < -0.4 is 0 Å². The SMILES string of the molecule is CCC1CN(Cc2ccc(C#N)cc2)CCC1=O.